The van der Waals surface area contributed by atoms with Gasteiger partial charge in [-0.3, -0.25) is 4.79 Å². The van der Waals surface area contributed by atoms with Gasteiger partial charge >= 0.3 is 5.69 Å². The second kappa shape index (κ2) is 8.78. The second-order valence-corrected chi connectivity index (χ2v) is 6.69. The third-order valence-corrected chi connectivity index (χ3v) is 4.64. The van der Waals surface area contributed by atoms with E-state index >= 15 is 0 Å². The third kappa shape index (κ3) is 4.24. The average Bonchev–Trinajstić information content (AvgIpc) is 2.72. The van der Waals surface area contributed by atoms with E-state index in [2.05, 4.69) is 32.6 Å². The van der Waals surface area contributed by atoms with Crippen molar-refractivity contribution in [2.75, 3.05) is 20.8 Å². The average molecular weight is 460 g/mol. The van der Waals surface area contributed by atoms with Gasteiger partial charge in [0.15, 0.2) is 11.5 Å². The van der Waals surface area contributed by atoms with Crippen molar-refractivity contribution in [3.8, 4) is 17.2 Å². The fraction of sp³-hybridized carbons (Fsp3) is 0.150. The summed E-state index contributed by atoms with van der Waals surface area (Å²) in [5.41, 5.74) is -0.251. The van der Waals surface area contributed by atoms with Gasteiger partial charge in [-0.25, -0.2) is 4.79 Å². The molecule has 9 heteroatoms. The zero-order valence-electron chi connectivity index (χ0n) is 15.8. The molecule has 29 heavy (non-hydrogen) atoms. The molecule has 0 atom stereocenters. The first kappa shape index (κ1) is 20.4. The molecule has 0 aliphatic carbocycles. The minimum absolute atomic E-state index is 0.244. The number of benzene rings is 2. The van der Waals surface area contributed by atoms with Gasteiger partial charge < -0.3 is 19.2 Å². The van der Waals surface area contributed by atoms with E-state index in [1.54, 1.807) is 24.3 Å². The molecule has 0 spiro atoms. The van der Waals surface area contributed by atoms with Crippen molar-refractivity contribution < 1.29 is 14.2 Å². The van der Waals surface area contributed by atoms with Crippen LogP contribution in [0.5, 0.6) is 17.2 Å². The van der Waals surface area contributed by atoms with Gasteiger partial charge in [0, 0.05) is 6.07 Å². The van der Waals surface area contributed by atoms with Gasteiger partial charge in [-0.15, -0.1) is 4.68 Å². The van der Waals surface area contributed by atoms with Crippen LogP contribution in [0.4, 0.5) is 0 Å². The maximum Gasteiger partial charge on any atom is 0.349 e. The number of rotatable bonds is 7. The molecule has 0 saturated heterocycles. The number of hydrogen-bond donors (Lipinski definition) is 1. The van der Waals surface area contributed by atoms with E-state index in [0.717, 1.165) is 4.68 Å². The van der Waals surface area contributed by atoms with Gasteiger partial charge in [0.25, 0.3) is 5.56 Å². The Morgan fingerprint density at radius 3 is 2.52 bits per heavy atom. The molecule has 3 rings (SSSR count). The number of aromatic nitrogens is 2. The minimum atomic E-state index is -0.670. The van der Waals surface area contributed by atoms with Crippen molar-refractivity contribution in [1.82, 2.24) is 9.66 Å². The van der Waals surface area contributed by atoms with Crippen LogP contribution in [0, 0.1) is 0 Å². The zero-order valence-corrected chi connectivity index (χ0v) is 17.4. The Hall–Kier alpha value is -3.33. The van der Waals surface area contributed by atoms with Crippen molar-refractivity contribution in [3.63, 3.8) is 0 Å². The summed E-state index contributed by atoms with van der Waals surface area (Å²) in [4.78, 5) is 27.7. The van der Waals surface area contributed by atoms with E-state index in [0.29, 0.717) is 39.4 Å². The number of nitrogens with one attached hydrogen (secondary N) is 1. The highest BCUT2D eigenvalue weighted by Gasteiger charge is 2.12. The van der Waals surface area contributed by atoms with Crippen molar-refractivity contribution in [1.29, 1.82) is 0 Å². The normalized spacial score (nSPS) is 11.0. The van der Waals surface area contributed by atoms with Crippen LogP contribution in [0.3, 0.4) is 0 Å². The smallest absolute Gasteiger partial charge is 0.349 e. The van der Waals surface area contributed by atoms with Crippen LogP contribution in [-0.4, -0.2) is 36.7 Å². The summed E-state index contributed by atoms with van der Waals surface area (Å²) in [5.74, 6) is 1.42. The quantitative estimate of drug-likeness (QED) is 0.432. The number of nitrogens with zero attached hydrogens (tertiary/aromatic N) is 2. The van der Waals surface area contributed by atoms with Crippen LogP contribution in [0.2, 0.25) is 0 Å². The molecule has 0 unspecified atom stereocenters. The van der Waals surface area contributed by atoms with E-state index in [4.69, 9.17) is 14.2 Å². The highest BCUT2D eigenvalue weighted by molar-refractivity contribution is 9.10. The Morgan fingerprint density at radius 1 is 1.14 bits per heavy atom. The lowest BCUT2D eigenvalue weighted by molar-refractivity contribution is 0.355. The Morgan fingerprint density at radius 2 is 1.86 bits per heavy atom. The molecule has 0 aliphatic heterocycles. The van der Waals surface area contributed by atoms with E-state index in [1.807, 2.05) is 0 Å². The molecule has 0 amide bonds. The fourth-order valence-electron chi connectivity index (χ4n) is 2.63. The summed E-state index contributed by atoms with van der Waals surface area (Å²) >= 11 is 3.41. The molecule has 0 saturated carbocycles. The molecular weight excluding hydrogens is 442 g/mol. The van der Waals surface area contributed by atoms with Crippen LogP contribution >= 0.6 is 15.9 Å². The number of H-pyrrole nitrogens is 1. The SMILES string of the molecule is C=CCOc1ccc(/C=N/n2c(=O)[nH]c3cc(OC)c(OC)cc3c2=O)cc1Br. The van der Waals surface area contributed by atoms with E-state index in [1.165, 1.54) is 32.6 Å². The van der Waals surface area contributed by atoms with Crippen LogP contribution in [-0.2, 0) is 0 Å². The number of aromatic amines is 1. The third-order valence-electron chi connectivity index (χ3n) is 4.02. The maximum atomic E-state index is 12.8. The summed E-state index contributed by atoms with van der Waals surface area (Å²) < 4.78 is 17.4. The largest absolute Gasteiger partial charge is 0.493 e. The first-order valence-corrected chi connectivity index (χ1v) is 9.26. The van der Waals surface area contributed by atoms with Gasteiger partial charge in [-0.2, -0.15) is 5.10 Å². The van der Waals surface area contributed by atoms with E-state index in [9.17, 15) is 9.59 Å². The van der Waals surface area contributed by atoms with E-state index < -0.39 is 11.2 Å². The number of fused-ring (bicyclic) bond motifs is 1. The van der Waals surface area contributed by atoms with Crippen molar-refractivity contribution in [3.05, 3.63) is 73.9 Å². The Labute approximate surface area is 174 Å². The fourth-order valence-corrected chi connectivity index (χ4v) is 3.14. The molecule has 1 aromatic heterocycles. The number of halogens is 1. The molecule has 0 bridgehead atoms. The summed E-state index contributed by atoms with van der Waals surface area (Å²) in [5, 5.41) is 4.29. The maximum absolute atomic E-state index is 12.8. The van der Waals surface area contributed by atoms with Gasteiger partial charge in [0.2, 0.25) is 0 Å². The highest BCUT2D eigenvalue weighted by Crippen LogP contribution is 2.29. The molecule has 0 aliphatic rings. The lowest BCUT2D eigenvalue weighted by Crippen LogP contribution is -2.32. The zero-order chi connectivity index (χ0) is 21.0. The number of hydrogen-bond acceptors (Lipinski definition) is 6. The van der Waals surface area contributed by atoms with Gasteiger partial charge in [-0.05, 0) is 45.8 Å². The molecule has 2 aromatic carbocycles. The molecule has 1 heterocycles. The predicted octanol–water partition coefficient (Wildman–Crippen LogP) is 2.92. The van der Waals surface area contributed by atoms with Crippen LogP contribution in [0.25, 0.3) is 10.9 Å². The predicted molar refractivity (Wildman–Crippen MR) is 115 cm³/mol. The second-order valence-electron chi connectivity index (χ2n) is 5.83. The molecule has 150 valence electrons. The standard InChI is InChI=1S/C20H18BrN3O5/c1-4-7-29-16-6-5-12(8-14(16)21)11-22-24-19(25)13-9-17(27-2)18(28-3)10-15(13)23-20(24)26/h4-6,8-11H,1,7H2,2-3H3,(H,23,26)/b22-11+. The topological polar surface area (TPSA) is 94.9 Å². The summed E-state index contributed by atoms with van der Waals surface area (Å²) in [7, 11) is 2.94. The van der Waals surface area contributed by atoms with Crippen molar-refractivity contribution >= 4 is 33.0 Å². The van der Waals surface area contributed by atoms with Crippen LogP contribution in [0.15, 0.2) is 62.1 Å². The molecule has 0 radical (unpaired) electrons. The summed E-state index contributed by atoms with van der Waals surface area (Å²) in [6.07, 6.45) is 3.05. The first-order chi connectivity index (χ1) is 14.0. The molecule has 1 N–H and O–H groups in total. The van der Waals surface area contributed by atoms with Gasteiger partial charge in [-0.1, -0.05) is 12.7 Å². The lowest BCUT2D eigenvalue weighted by Gasteiger charge is -2.09. The molecular formula is C20H18BrN3O5. The lowest BCUT2D eigenvalue weighted by atomic mass is 10.2. The molecule has 8 nitrogen and oxygen atoms in total. The summed E-state index contributed by atoms with van der Waals surface area (Å²) in [6.45, 7) is 3.98. The van der Waals surface area contributed by atoms with Gasteiger partial charge in [0.05, 0.1) is 35.8 Å². The minimum Gasteiger partial charge on any atom is -0.493 e. The van der Waals surface area contributed by atoms with Crippen LogP contribution < -0.4 is 25.5 Å². The molecule has 0 fully saturated rings. The summed E-state index contributed by atoms with van der Waals surface area (Å²) in [6, 6.07) is 8.29. The van der Waals surface area contributed by atoms with Crippen molar-refractivity contribution in [2.24, 2.45) is 5.10 Å². The number of methoxy groups -OCH3 is 2. The number of ether oxygens (including phenoxy) is 3. The highest BCUT2D eigenvalue weighted by atomic mass is 79.9. The Bertz CT molecular complexity index is 1210. The Balaban J connectivity index is 2.02. The van der Waals surface area contributed by atoms with Gasteiger partial charge in [0.1, 0.15) is 12.4 Å². The monoisotopic (exact) mass is 459 g/mol. The first-order valence-electron chi connectivity index (χ1n) is 8.47. The Kier molecular flexibility index (Phi) is 6.18. The van der Waals surface area contributed by atoms with Crippen LogP contribution in [0.1, 0.15) is 5.56 Å². The van der Waals surface area contributed by atoms with E-state index in [-0.39, 0.29) is 5.39 Å². The molecule has 3 aromatic rings. The van der Waals surface area contributed by atoms with Crippen molar-refractivity contribution in [2.45, 2.75) is 0 Å².